The van der Waals surface area contributed by atoms with Gasteiger partial charge in [-0.3, -0.25) is 9.69 Å². The van der Waals surface area contributed by atoms with E-state index in [1.165, 1.54) is 0 Å². The van der Waals surface area contributed by atoms with Crippen molar-refractivity contribution in [3.8, 4) is 0 Å². The third-order valence-corrected chi connectivity index (χ3v) is 2.25. The fourth-order valence-electron chi connectivity index (χ4n) is 1.78. The Labute approximate surface area is 84.8 Å². The van der Waals surface area contributed by atoms with Crippen LogP contribution in [0, 0.1) is 5.92 Å². The average molecular weight is 201 g/mol. The molecule has 4 nitrogen and oxygen atoms in total. The van der Waals surface area contributed by atoms with Crippen LogP contribution in [-0.2, 0) is 9.53 Å². The van der Waals surface area contributed by atoms with E-state index in [-0.39, 0.29) is 12.5 Å². The fourth-order valence-corrected chi connectivity index (χ4v) is 1.78. The Morgan fingerprint density at radius 2 is 2.36 bits per heavy atom. The molecule has 0 bridgehead atoms. The molecule has 0 amide bonds. The summed E-state index contributed by atoms with van der Waals surface area (Å²) in [6.45, 7) is 7.70. The molecule has 0 aromatic heterocycles. The normalized spacial score (nSPS) is 24.1. The van der Waals surface area contributed by atoms with E-state index < -0.39 is 5.97 Å². The smallest absolute Gasteiger partial charge is 0.306 e. The summed E-state index contributed by atoms with van der Waals surface area (Å²) in [5.41, 5.74) is 0. The first-order valence-electron chi connectivity index (χ1n) is 5.13. The van der Waals surface area contributed by atoms with Crippen molar-refractivity contribution < 1.29 is 14.6 Å². The second kappa shape index (κ2) is 5.32. The Hall–Kier alpha value is -0.610. The molecule has 0 saturated carbocycles. The van der Waals surface area contributed by atoms with Crippen LogP contribution in [0.4, 0.5) is 0 Å². The maximum atomic E-state index is 10.5. The van der Waals surface area contributed by atoms with E-state index in [1.54, 1.807) is 0 Å². The Morgan fingerprint density at radius 3 is 2.93 bits per heavy atom. The summed E-state index contributed by atoms with van der Waals surface area (Å²) in [6, 6.07) is 0. The van der Waals surface area contributed by atoms with Crippen molar-refractivity contribution in [2.24, 2.45) is 5.92 Å². The van der Waals surface area contributed by atoms with Gasteiger partial charge in [0.15, 0.2) is 0 Å². The van der Waals surface area contributed by atoms with Crippen LogP contribution < -0.4 is 0 Å². The molecule has 0 radical (unpaired) electrons. The van der Waals surface area contributed by atoms with Crippen molar-refractivity contribution in [3.05, 3.63) is 0 Å². The zero-order valence-electron chi connectivity index (χ0n) is 8.90. The van der Waals surface area contributed by atoms with Crippen molar-refractivity contribution in [3.63, 3.8) is 0 Å². The number of morpholine rings is 1. The molecule has 1 atom stereocenters. The Kier molecular flexibility index (Phi) is 4.35. The highest BCUT2D eigenvalue weighted by Crippen LogP contribution is 2.10. The van der Waals surface area contributed by atoms with Crippen LogP contribution in [0.25, 0.3) is 0 Å². The molecule has 1 saturated heterocycles. The topological polar surface area (TPSA) is 49.8 Å². The Bertz CT molecular complexity index is 194. The van der Waals surface area contributed by atoms with Crippen molar-refractivity contribution in [2.45, 2.75) is 26.4 Å². The predicted molar refractivity (Wildman–Crippen MR) is 53.3 cm³/mol. The monoisotopic (exact) mass is 201 g/mol. The highest BCUT2D eigenvalue weighted by molar-refractivity contribution is 5.67. The van der Waals surface area contributed by atoms with Crippen LogP contribution in [-0.4, -0.2) is 48.3 Å². The number of rotatable bonds is 4. The second-order valence-electron chi connectivity index (χ2n) is 4.24. The third kappa shape index (κ3) is 4.07. The third-order valence-electron chi connectivity index (χ3n) is 2.25. The van der Waals surface area contributed by atoms with E-state index >= 15 is 0 Å². The van der Waals surface area contributed by atoms with Crippen LogP contribution in [0.15, 0.2) is 0 Å². The summed E-state index contributed by atoms with van der Waals surface area (Å²) in [5.74, 6) is -0.153. The predicted octanol–water partition coefficient (Wildman–Crippen LogP) is 0.818. The first-order chi connectivity index (χ1) is 6.58. The molecule has 0 spiro atoms. The lowest BCUT2D eigenvalue weighted by molar-refractivity contribution is -0.142. The maximum absolute atomic E-state index is 10.5. The second-order valence-corrected chi connectivity index (χ2v) is 4.24. The first kappa shape index (κ1) is 11.5. The molecule has 1 rings (SSSR count). The standard InChI is InChI=1S/C10H19NO3/c1-8(2)6-11-3-4-14-9(7-11)5-10(12)13/h8-9H,3-7H2,1-2H3,(H,12,13). The largest absolute Gasteiger partial charge is 0.481 e. The molecule has 14 heavy (non-hydrogen) atoms. The molecule has 4 heteroatoms. The van der Waals surface area contributed by atoms with Gasteiger partial charge in [-0.25, -0.2) is 0 Å². The minimum atomic E-state index is -0.776. The lowest BCUT2D eigenvalue weighted by Crippen LogP contribution is -2.44. The molecule has 82 valence electrons. The summed E-state index contributed by atoms with van der Waals surface area (Å²) >= 11 is 0. The maximum Gasteiger partial charge on any atom is 0.306 e. The van der Waals surface area contributed by atoms with E-state index in [0.717, 1.165) is 19.6 Å². The van der Waals surface area contributed by atoms with Crippen molar-refractivity contribution >= 4 is 5.97 Å². The van der Waals surface area contributed by atoms with Gasteiger partial charge in [0.05, 0.1) is 19.1 Å². The number of aliphatic carboxylic acids is 1. The van der Waals surface area contributed by atoms with Gasteiger partial charge in [-0.2, -0.15) is 0 Å². The summed E-state index contributed by atoms with van der Waals surface area (Å²) in [7, 11) is 0. The zero-order chi connectivity index (χ0) is 10.6. The summed E-state index contributed by atoms with van der Waals surface area (Å²) < 4.78 is 5.38. The summed E-state index contributed by atoms with van der Waals surface area (Å²) in [5, 5.41) is 8.64. The molecule has 1 heterocycles. The van der Waals surface area contributed by atoms with Crippen LogP contribution in [0.5, 0.6) is 0 Å². The zero-order valence-corrected chi connectivity index (χ0v) is 8.90. The van der Waals surface area contributed by atoms with Gasteiger partial charge in [0.1, 0.15) is 0 Å². The summed E-state index contributed by atoms with van der Waals surface area (Å²) in [6.07, 6.45) is -0.00536. The van der Waals surface area contributed by atoms with Gasteiger partial charge < -0.3 is 9.84 Å². The highest BCUT2D eigenvalue weighted by Gasteiger charge is 2.22. The van der Waals surface area contributed by atoms with Crippen LogP contribution in [0.2, 0.25) is 0 Å². The van der Waals surface area contributed by atoms with Crippen molar-refractivity contribution in [1.29, 1.82) is 0 Å². The van der Waals surface area contributed by atoms with E-state index in [1.807, 2.05) is 0 Å². The van der Waals surface area contributed by atoms with Crippen molar-refractivity contribution in [1.82, 2.24) is 4.90 Å². The first-order valence-corrected chi connectivity index (χ1v) is 5.13. The quantitative estimate of drug-likeness (QED) is 0.731. The van der Waals surface area contributed by atoms with Gasteiger partial charge >= 0.3 is 5.97 Å². The molecule has 1 N–H and O–H groups in total. The number of carboxylic acids is 1. The van der Waals surface area contributed by atoms with Crippen LogP contribution in [0.1, 0.15) is 20.3 Å². The number of carbonyl (C=O) groups is 1. The average Bonchev–Trinajstić information content (AvgIpc) is 2.01. The minimum absolute atomic E-state index is 0.120. The van der Waals surface area contributed by atoms with Gasteiger partial charge in [-0.1, -0.05) is 13.8 Å². The number of nitrogens with zero attached hydrogens (tertiary/aromatic N) is 1. The molecule has 1 fully saturated rings. The molecule has 0 aliphatic carbocycles. The van der Waals surface area contributed by atoms with E-state index in [4.69, 9.17) is 9.84 Å². The number of carboxylic acid groups (broad SMARTS) is 1. The van der Waals surface area contributed by atoms with Crippen LogP contribution >= 0.6 is 0 Å². The van der Waals surface area contributed by atoms with Crippen molar-refractivity contribution in [2.75, 3.05) is 26.2 Å². The molecule has 1 aliphatic rings. The van der Waals surface area contributed by atoms with E-state index in [0.29, 0.717) is 12.5 Å². The lowest BCUT2D eigenvalue weighted by Gasteiger charge is -2.33. The molecule has 0 aromatic carbocycles. The number of hydrogen-bond acceptors (Lipinski definition) is 3. The fraction of sp³-hybridized carbons (Fsp3) is 0.900. The van der Waals surface area contributed by atoms with Crippen LogP contribution in [0.3, 0.4) is 0 Å². The Balaban J connectivity index is 2.32. The lowest BCUT2D eigenvalue weighted by atomic mass is 10.1. The molecule has 0 aromatic rings. The summed E-state index contributed by atoms with van der Waals surface area (Å²) in [4.78, 5) is 12.8. The van der Waals surface area contributed by atoms with Gasteiger partial charge in [0.25, 0.3) is 0 Å². The van der Waals surface area contributed by atoms with Gasteiger partial charge in [-0.15, -0.1) is 0 Å². The number of ether oxygens (including phenoxy) is 1. The number of hydrogen-bond donors (Lipinski definition) is 1. The van der Waals surface area contributed by atoms with Gasteiger partial charge in [0, 0.05) is 19.6 Å². The van der Waals surface area contributed by atoms with Gasteiger partial charge in [-0.05, 0) is 5.92 Å². The highest BCUT2D eigenvalue weighted by atomic mass is 16.5. The van der Waals surface area contributed by atoms with E-state index in [9.17, 15) is 4.79 Å². The molecule has 1 aliphatic heterocycles. The Morgan fingerprint density at radius 1 is 1.64 bits per heavy atom. The minimum Gasteiger partial charge on any atom is -0.481 e. The molecular weight excluding hydrogens is 182 g/mol. The molecular formula is C10H19NO3. The van der Waals surface area contributed by atoms with Gasteiger partial charge in [0.2, 0.25) is 0 Å². The van der Waals surface area contributed by atoms with E-state index in [2.05, 4.69) is 18.7 Å². The molecule has 1 unspecified atom stereocenters. The SMILES string of the molecule is CC(C)CN1CCOC(CC(=O)O)C1.